The Morgan fingerprint density at radius 1 is 1.12 bits per heavy atom. The van der Waals surface area contributed by atoms with Gasteiger partial charge in [-0.1, -0.05) is 52.0 Å². The third-order valence-corrected chi connectivity index (χ3v) is 4.65. The molecule has 26 heavy (non-hydrogen) atoms. The molecule has 0 aliphatic carbocycles. The van der Waals surface area contributed by atoms with Gasteiger partial charge in [-0.25, -0.2) is 4.79 Å². The Morgan fingerprint density at radius 3 is 2.23 bits per heavy atom. The van der Waals surface area contributed by atoms with Crippen molar-refractivity contribution in [3.63, 3.8) is 0 Å². The molecule has 1 atom stereocenters. The van der Waals surface area contributed by atoms with Crippen LogP contribution in [0.5, 0.6) is 0 Å². The Labute approximate surface area is 157 Å². The zero-order chi connectivity index (χ0) is 19.3. The van der Waals surface area contributed by atoms with E-state index in [0.717, 1.165) is 24.2 Å². The van der Waals surface area contributed by atoms with E-state index >= 15 is 0 Å². The first-order valence-electron chi connectivity index (χ1n) is 9.48. The fourth-order valence-corrected chi connectivity index (χ4v) is 3.65. The fraction of sp³-hybridized carbons (Fsp3) is 0.619. The van der Waals surface area contributed by atoms with Gasteiger partial charge < -0.3 is 9.64 Å². The molecule has 0 fully saturated rings. The molecule has 1 heterocycles. The van der Waals surface area contributed by atoms with Crippen molar-refractivity contribution in [2.24, 2.45) is 11.8 Å². The van der Waals surface area contributed by atoms with E-state index in [1.807, 2.05) is 24.3 Å². The second-order valence-corrected chi connectivity index (χ2v) is 8.02. The summed E-state index contributed by atoms with van der Waals surface area (Å²) in [5, 5.41) is 0. The van der Waals surface area contributed by atoms with Gasteiger partial charge in [0.1, 0.15) is 6.04 Å². The number of hydrogen-bond donors (Lipinski definition) is 0. The summed E-state index contributed by atoms with van der Waals surface area (Å²) in [6, 6.07) is 7.46. The van der Waals surface area contributed by atoms with Crippen LogP contribution in [-0.4, -0.2) is 54.5 Å². The second-order valence-electron chi connectivity index (χ2n) is 8.02. The highest BCUT2D eigenvalue weighted by atomic mass is 16.5. The number of amides is 1. The maximum Gasteiger partial charge on any atom is 0.328 e. The van der Waals surface area contributed by atoms with Gasteiger partial charge in [0.25, 0.3) is 0 Å². The third-order valence-electron chi connectivity index (χ3n) is 4.65. The lowest BCUT2D eigenvalue weighted by Crippen LogP contribution is -2.52. The topological polar surface area (TPSA) is 49.9 Å². The molecule has 1 aliphatic heterocycles. The van der Waals surface area contributed by atoms with E-state index in [4.69, 9.17) is 4.74 Å². The van der Waals surface area contributed by atoms with Crippen molar-refractivity contribution in [1.82, 2.24) is 9.80 Å². The van der Waals surface area contributed by atoms with Gasteiger partial charge >= 0.3 is 5.97 Å². The predicted octanol–water partition coefficient (Wildman–Crippen LogP) is 2.73. The summed E-state index contributed by atoms with van der Waals surface area (Å²) in [7, 11) is 1.38. The molecule has 1 aromatic carbocycles. The molecule has 1 aromatic rings. The summed E-state index contributed by atoms with van der Waals surface area (Å²) < 4.78 is 4.97. The van der Waals surface area contributed by atoms with Crippen molar-refractivity contribution in [3.05, 3.63) is 35.4 Å². The van der Waals surface area contributed by atoms with Crippen LogP contribution in [-0.2, 0) is 27.3 Å². The van der Waals surface area contributed by atoms with Gasteiger partial charge in [-0.2, -0.15) is 0 Å². The predicted molar refractivity (Wildman–Crippen MR) is 103 cm³/mol. The number of rotatable bonds is 7. The molecule has 2 rings (SSSR count). The molecule has 0 saturated heterocycles. The van der Waals surface area contributed by atoms with Crippen molar-refractivity contribution in [3.8, 4) is 0 Å². The summed E-state index contributed by atoms with van der Waals surface area (Å²) in [6.45, 7) is 11.2. The van der Waals surface area contributed by atoms with Gasteiger partial charge in [0, 0.05) is 26.1 Å². The van der Waals surface area contributed by atoms with Crippen LogP contribution in [0.25, 0.3) is 0 Å². The first kappa shape index (κ1) is 20.4. The van der Waals surface area contributed by atoms with Gasteiger partial charge in [0.15, 0.2) is 0 Å². The Morgan fingerprint density at radius 2 is 1.69 bits per heavy atom. The van der Waals surface area contributed by atoms with Crippen molar-refractivity contribution < 1.29 is 14.3 Å². The van der Waals surface area contributed by atoms with E-state index in [1.165, 1.54) is 7.11 Å². The Bertz CT molecular complexity index is 617. The molecule has 144 valence electrons. The summed E-state index contributed by atoms with van der Waals surface area (Å²) in [5.74, 6) is 0.628. The number of esters is 1. The van der Waals surface area contributed by atoms with Crippen LogP contribution in [0.15, 0.2) is 24.3 Å². The minimum atomic E-state index is -0.539. The molecular weight excluding hydrogens is 328 g/mol. The van der Waals surface area contributed by atoms with E-state index in [1.54, 1.807) is 4.90 Å². The number of ether oxygens (including phenoxy) is 1. The Balaban J connectivity index is 2.19. The highest BCUT2D eigenvalue weighted by molar-refractivity contribution is 5.86. The molecule has 0 bridgehead atoms. The second kappa shape index (κ2) is 9.17. The number of benzene rings is 1. The number of nitrogens with zero attached hydrogens (tertiary/aromatic N) is 2. The number of carbonyl (C=O) groups excluding carboxylic acids is 2. The van der Waals surface area contributed by atoms with Crippen molar-refractivity contribution >= 4 is 11.9 Å². The van der Waals surface area contributed by atoms with Crippen LogP contribution in [0.4, 0.5) is 0 Å². The Hall–Kier alpha value is -1.88. The number of carbonyl (C=O) groups is 2. The molecule has 5 heteroatoms. The molecule has 0 N–H and O–H groups in total. The Kier molecular flexibility index (Phi) is 7.21. The zero-order valence-corrected chi connectivity index (χ0v) is 16.7. The van der Waals surface area contributed by atoms with Gasteiger partial charge in [0.2, 0.25) is 5.91 Å². The molecule has 0 saturated carbocycles. The van der Waals surface area contributed by atoms with E-state index < -0.39 is 6.04 Å². The largest absolute Gasteiger partial charge is 0.467 e. The molecule has 5 nitrogen and oxygen atoms in total. The van der Waals surface area contributed by atoms with Crippen LogP contribution in [0.2, 0.25) is 0 Å². The molecule has 1 amide bonds. The third kappa shape index (κ3) is 5.31. The van der Waals surface area contributed by atoms with Gasteiger partial charge in [-0.15, -0.1) is 0 Å². The number of methoxy groups -OCH3 is 1. The highest BCUT2D eigenvalue weighted by Gasteiger charge is 2.35. The summed E-state index contributed by atoms with van der Waals surface area (Å²) in [4.78, 5) is 29.3. The first-order chi connectivity index (χ1) is 12.3. The standard InChI is InChI=1S/C21H32N2O3/c1-15(2)11-22(12-16(3)4)14-20(24)23-13-18-9-7-6-8-17(18)10-19(23)21(25)26-5/h6-9,15-16,19H,10-14H2,1-5H3. The number of fused-ring (bicyclic) bond motifs is 1. The highest BCUT2D eigenvalue weighted by Crippen LogP contribution is 2.24. The monoisotopic (exact) mass is 360 g/mol. The van der Waals surface area contributed by atoms with Crippen LogP contribution < -0.4 is 0 Å². The van der Waals surface area contributed by atoms with E-state index in [2.05, 4.69) is 32.6 Å². The van der Waals surface area contributed by atoms with Gasteiger partial charge in [-0.3, -0.25) is 9.69 Å². The average Bonchev–Trinajstić information content (AvgIpc) is 2.58. The quantitative estimate of drug-likeness (QED) is 0.702. The minimum absolute atomic E-state index is 0.00352. The summed E-state index contributed by atoms with van der Waals surface area (Å²) in [6.07, 6.45) is 0.517. The molecule has 1 aliphatic rings. The van der Waals surface area contributed by atoms with Crippen molar-refractivity contribution in [2.75, 3.05) is 26.7 Å². The molecular formula is C21H32N2O3. The molecule has 0 radical (unpaired) electrons. The zero-order valence-electron chi connectivity index (χ0n) is 16.7. The maximum atomic E-state index is 13.1. The minimum Gasteiger partial charge on any atom is -0.467 e. The van der Waals surface area contributed by atoms with E-state index in [0.29, 0.717) is 31.3 Å². The average molecular weight is 360 g/mol. The lowest BCUT2D eigenvalue weighted by Gasteiger charge is -2.37. The first-order valence-corrected chi connectivity index (χ1v) is 9.48. The van der Waals surface area contributed by atoms with Gasteiger partial charge in [-0.05, 0) is 23.0 Å². The smallest absolute Gasteiger partial charge is 0.328 e. The maximum absolute atomic E-state index is 13.1. The van der Waals surface area contributed by atoms with Crippen LogP contribution >= 0.6 is 0 Å². The SMILES string of the molecule is COC(=O)C1Cc2ccccc2CN1C(=O)CN(CC(C)C)CC(C)C. The van der Waals surface area contributed by atoms with Crippen molar-refractivity contribution in [2.45, 2.75) is 46.7 Å². The lowest BCUT2D eigenvalue weighted by molar-refractivity contribution is -0.154. The fourth-order valence-electron chi connectivity index (χ4n) is 3.65. The van der Waals surface area contributed by atoms with Crippen LogP contribution in [0, 0.1) is 11.8 Å². The normalized spacial score (nSPS) is 16.9. The van der Waals surface area contributed by atoms with E-state index in [9.17, 15) is 9.59 Å². The van der Waals surface area contributed by atoms with E-state index in [-0.39, 0.29) is 11.9 Å². The van der Waals surface area contributed by atoms with Crippen LogP contribution in [0.3, 0.4) is 0 Å². The molecule has 0 aromatic heterocycles. The van der Waals surface area contributed by atoms with Crippen LogP contribution in [0.1, 0.15) is 38.8 Å². The lowest BCUT2D eigenvalue weighted by atomic mass is 9.94. The van der Waals surface area contributed by atoms with Gasteiger partial charge in [0.05, 0.1) is 13.7 Å². The molecule has 1 unspecified atom stereocenters. The summed E-state index contributed by atoms with van der Waals surface area (Å²) in [5.41, 5.74) is 2.23. The molecule has 0 spiro atoms. The van der Waals surface area contributed by atoms with Crippen molar-refractivity contribution in [1.29, 1.82) is 0 Å². The number of hydrogen-bond acceptors (Lipinski definition) is 4. The summed E-state index contributed by atoms with van der Waals surface area (Å²) >= 11 is 0.